The first-order valence-corrected chi connectivity index (χ1v) is 8.27. The maximum atomic E-state index is 11.7. The van der Waals surface area contributed by atoms with Crippen LogP contribution in [0.3, 0.4) is 0 Å². The van der Waals surface area contributed by atoms with E-state index in [1.165, 1.54) is 24.0 Å². The van der Waals surface area contributed by atoms with Gasteiger partial charge in [0, 0.05) is 18.7 Å². The molecule has 20 heavy (non-hydrogen) atoms. The number of rotatable bonds is 9. The van der Waals surface area contributed by atoms with Crippen LogP contribution in [0.2, 0.25) is 0 Å². The highest BCUT2D eigenvalue weighted by Gasteiger charge is 2.07. The molecule has 0 aliphatic heterocycles. The predicted molar refractivity (Wildman–Crippen MR) is 89.3 cm³/mol. The minimum atomic E-state index is 0.180. The zero-order chi connectivity index (χ0) is 14.8. The number of nitrogens with one attached hydrogen (secondary N) is 1. The smallest absolute Gasteiger partial charge is 0.220 e. The van der Waals surface area contributed by atoms with Crippen LogP contribution in [0.5, 0.6) is 0 Å². The van der Waals surface area contributed by atoms with Crippen LogP contribution in [0, 0.1) is 0 Å². The molecule has 1 unspecified atom stereocenters. The van der Waals surface area contributed by atoms with Gasteiger partial charge in [-0.25, -0.2) is 0 Å². The molecule has 0 aromatic heterocycles. The second-order valence-corrected chi connectivity index (χ2v) is 5.73. The van der Waals surface area contributed by atoms with Gasteiger partial charge in [0.1, 0.15) is 0 Å². The number of amides is 1. The van der Waals surface area contributed by atoms with Crippen molar-refractivity contribution in [2.24, 2.45) is 0 Å². The lowest BCUT2D eigenvalue weighted by Gasteiger charge is -2.13. The maximum absolute atomic E-state index is 11.7. The van der Waals surface area contributed by atoms with Crippen LogP contribution in [-0.4, -0.2) is 12.5 Å². The molecule has 0 saturated carbocycles. The van der Waals surface area contributed by atoms with Crippen molar-refractivity contribution >= 4 is 18.5 Å². The van der Waals surface area contributed by atoms with E-state index in [4.69, 9.17) is 0 Å². The first-order valence-electron chi connectivity index (χ1n) is 7.63. The summed E-state index contributed by atoms with van der Waals surface area (Å²) in [6, 6.07) is 8.46. The van der Waals surface area contributed by atoms with Gasteiger partial charge in [0.2, 0.25) is 5.91 Å². The zero-order valence-electron chi connectivity index (χ0n) is 12.7. The van der Waals surface area contributed by atoms with Crippen molar-refractivity contribution in [2.75, 3.05) is 6.54 Å². The van der Waals surface area contributed by atoms with E-state index in [0.29, 0.717) is 18.9 Å². The Morgan fingerprint density at radius 3 is 2.50 bits per heavy atom. The summed E-state index contributed by atoms with van der Waals surface area (Å²) in [4.78, 5) is 11.7. The third kappa shape index (κ3) is 6.47. The summed E-state index contributed by atoms with van der Waals surface area (Å²) >= 11 is 4.25. The van der Waals surface area contributed by atoms with Crippen LogP contribution < -0.4 is 5.32 Å². The van der Waals surface area contributed by atoms with E-state index < -0.39 is 0 Å². The summed E-state index contributed by atoms with van der Waals surface area (Å²) in [7, 11) is 0. The van der Waals surface area contributed by atoms with Gasteiger partial charge < -0.3 is 5.32 Å². The average molecular weight is 293 g/mol. The molecule has 0 saturated heterocycles. The van der Waals surface area contributed by atoms with Crippen LogP contribution in [0.4, 0.5) is 0 Å². The predicted octanol–water partition coefficient (Wildman–Crippen LogP) is 4.31. The number of unbranched alkanes of at least 4 members (excludes halogenated alkanes) is 3. The molecule has 1 rings (SSSR count). The summed E-state index contributed by atoms with van der Waals surface area (Å²) in [5.74, 6) is 1.30. The molecule has 1 amide bonds. The minimum Gasteiger partial charge on any atom is -0.356 e. The fourth-order valence-corrected chi connectivity index (χ4v) is 2.35. The van der Waals surface area contributed by atoms with Gasteiger partial charge >= 0.3 is 0 Å². The maximum Gasteiger partial charge on any atom is 0.220 e. The molecule has 0 bridgehead atoms. The van der Waals surface area contributed by atoms with Gasteiger partial charge in [-0.05, 0) is 23.5 Å². The van der Waals surface area contributed by atoms with Crippen molar-refractivity contribution in [1.82, 2.24) is 5.32 Å². The molecular formula is C17H27NOS. The van der Waals surface area contributed by atoms with Crippen molar-refractivity contribution in [3.8, 4) is 0 Å². The standard InChI is InChI=1S/C17H27NOS/c1-3-4-5-6-7-17(19)18-12-14(2)16-10-8-15(13-20)9-11-16/h8-11,14,20H,3-7,12-13H2,1-2H3,(H,18,19). The van der Waals surface area contributed by atoms with Crippen molar-refractivity contribution < 1.29 is 4.79 Å². The molecule has 0 fully saturated rings. The SMILES string of the molecule is CCCCCCC(=O)NCC(C)c1ccc(CS)cc1. The fourth-order valence-electron chi connectivity index (χ4n) is 2.14. The second-order valence-electron chi connectivity index (χ2n) is 5.42. The number of hydrogen-bond donors (Lipinski definition) is 2. The molecule has 1 aromatic carbocycles. The molecule has 0 heterocycles. The lowest BCUT2D eigenvalue weighted by Crippen LogP contribution is -2.27. The Morgan fingerprint density at radius 1 is 1.20 bits per heavy atom. The third-order valence-corrected chi connectivity index (χ3v) is 3.96. The minimum absolute atomic E-state index is 0.180. The van der Waals surface area contributed by atoms with E-state index in [2.05, 4.69) is 56.1 Å². The fraction of sp³-hybridized carbons (Fsp3) is 0.588. The summed E-state index contributed by atoms with van der Waals surface area (Å²) in [6.07, 6.45) is 5.25. The molecule has 112 valence electrons. The molecule has 1 N–H and O–H groups in total. The van der Waals surface area contributed by atoms with Crippen LogP contribution in [0.1, 0.15) is 63.0 Å². The molecule has 1 atom stereocenters. The number of benzene rings is 1. The molecule has 0 radical (unpaired) electrons. The van der Waals surface area contributed by atoms with Gasteiger partial charge in [-0.1, -0.05) is 57.4 Å². The summed E-state index contributed by atoms with van der Waals surface area (Å²) in [5, 5.41) is 3.03. The van der Waals surface area contributed by atoms with Crippen LogP contribution in [0.25, 0.3) is 0 Å². The first kappa shape index (κ1) is 17.1. The number of carbonyl (C=O) groups is 1. The van der Waals surface area contributed by atoms with Crippen LogP contribution in [0.15, 0.2) is 24.3 Å². The number of carbonyl (C=O) groups excluding carboxylic acids is 1. The normalized spacial score (nSPS) is 12.2. The highest BCUT2D eigenvalue weighted by Crippen LogP contribution is 2.16. The molecular weight excluding hydrogens is 266 g/mol. The van der Waals surface area contributed by atoms with Gasteiger partial charge in [0.25, 0.3) is 0 Å². The molecule has 3 heteroatoms. The van der Waals surface area contributed by atoms with Crippen LogP contribution in [-0.2, 0) is 10.5 Å². The third-order valence-electron chi connectivity index (χ3n) is 3.59. The van der Waals surface area contributed by atoms with E-state index in [1.807, 2.05) is 0 Å². The topological polar surface area (TPSA) is 29.1 Å². The zero-order valence-corrected chi connectivity index (χ0v) is 13.6. The monoisotopic (exact) mass is 293 g/mol. The van der Waals surface area contributed by atoms with E-state index >= 15 is 0 Å². The van der Waals surface area contributed by atoms with Crippen LogP contribution >= 0.6 is 12.6 Å². The average Bonchev–Trinajstić information content (AvgIpc) is 2.49. The van der Waals surface area contributed by atoms with Crippen molar-refractivity contribution in [2.45, 2.75) is 57.6 Å². The Balaban J connectivity index is 2.27. The van der Waals surface area contributed by atoms with E-state index in [9.17, 15) is 4.79 Å². The number of hydrogen-bond acceptors (Lipinski definition) is 2. The Labute approximate surface area is 128 Å². The van der Waals surface area contributed by atoms with Gasteiger partial charge in [-0.2, -0.15) is 12.6 Å². The Hall–Kier alpha value is -0.960. The van der Waals surface area contributed by atoms with E-state index in [-0.39, 0.29) is 5.91 Å². The van der Waals surface area contributed by atoms with Crippen molar-refractivity contribution in [3.05, 3.63) is 35.4 Å². The van der Waals surface area contributed by atoms with Gasteiger partial charge in [-0.15, -0.1) is 0 Å². The highest BCUT2D eigenvalue weighted by molar-refractivity contribution is 7.79. The lowest BCUT2D eigenvalue weighted by molar-refractivity contribution is -0.121. The quantitative estimate of drug-likeness (QED) is 0.515. The molecule has 0 spiro atoms. The molecule has 2 nitrogen and oxygen atoms in total. The van der Waals surface area contributed by atoms with E-state index in [0.717, 1.165) is 18.6 Å². The summed E-state index contributed by atoms with van der Waals surface area (Å²) < 4.78 is 0. The van der Waals surface area contributed by atoms with Crippen molar-refractivity contribution in [1.29, 1.82) is 0 Å². The number of thiol groups is 1. The second kappa shape index (κ2) is 9.87. The highest BCUT2D eigenvalue weighted by atomic mass is 32.1. The molecule has 1 aromatic rings. The van der Waals surface area contributed by atoms with Gasteiger partial charge in [0.05, 0.1) is 0 Å². The van der Waals surface area contributed by atoms with E-state index in [1.54, 1.807) is 0 Å². The van der Waals surface area contributed by atoms with Gasteiger partial charge in [0.15, 0.2) is 0 Å². The summed E-state index contributed by atoms with van der Waals surface area (Å²) in [6.45, 7) is 5.04. The van der Waals surface area contributed by atoms with Crippen molar-refractivity contribution in [3.63, 3.8) is 0 Å². The Morgan fingerprint density at radius 2 is 1.90 bits per heavy atom. The Kier molecular flexibility index (Phi) is 8.43. The summed E-state index contributed by atoms with van der Waals surface area (Å²) in [5.41, 5.74) is 2.49. The van der Waals surface area contributed by atoms with Gasteiger partial charge in [-0.3, -0.25) is 4.79 Å². The first-order chi connectivity index (χ1) is 9.67. The molecule has 0 aliphatic carbocycles. The Bertz CT molecular complexity index is 388. The molecule has 0 aliphatic rings. The lowest BCUT2D eigenvalue weighted by atomic mass is 10.00. The largest absolute Gasteiger partial charge is 0.356 e.